The maximum Gasteiger partial charge on any atom is 0.332 e. The number of imidazole rings is 1. The SMILES string of the molecule is CCOC(=O)CCCn1c(Br)nc2c(=O)n(C)c(=O)n(C)c21. The minimum absolute atomic E-state index is 0.215. The molecule has 0 N–H and O–H groups in total. The van der Waals surface area contributed by atoms with Crippen molar-refractivity contribution in [2.45, 2.75) is 26.3 Å². The van der Waals surface area contributed by atoms with Crippen molar-refractivity contribution in [2.24, 2.45) is 14.1 Å². The molecule has 0 saturated heterocycles. The van der Waals surface area contributed by atoms with Crippen molar-refractivity contribution >= 4 is 33.1 Å². The van der Waals surface area contributed by atoms with Crippen LogP contribution >= 0.6 is 15.9 Å². The third-order valence-electron chi connectivity index (χ3n) is 3.36. The van der Waals surface area contributed by atoms with Gasteiger partial charge in [0, 0.05) is 27.1 Å². The number of carbonyl (C=O) groups excluding carboxylic acids is 1. The van der Waals surface area contributed by atoms with Gasteiger partial charge in [0.1, 0.15) is 0 Å². The number of ether oxygens (including phenoxy) is 1. The molecule has 0 saturated carbocycles. The molecule has 120 valence electrons. The van der Waals surface area contributed by atoms with Crippen LogP contribution in [0.4, 0.5) is 0 Å². The highest BCUT2D eigenvalue weighted by Crippen LogP contribution is 2.17. The number of fused-ring (bicyclic) bond motifs is 1. The average Bonchev–Trinajstić information content (AvgIpc) is 2.80. The summed E-state index contributed by atoms with van der Waals surface area (Å²) in [6.07, 6.45) is 0.783. The Kier molecular flexibility index (Phi) is 4.84. The van der Waals surface area contributed by atoms with Gasteiger partial charge in [-0.2, -0.15) is 0 Å². The van der Waals surface area contributed by atoms with E-state index in [9.17, 15) is 14.4 Å². The van der Waals surface area contributed by atoms with Crippen LogP contribution < -0.4 is 11.2 Å². The van der Waals surface area contributed by atoms with Crippen molar-refractivity contribution in [2.75, 3.05) is 6.61 Å². The molecule has 0 spiro atoms. The molecule has 8 nitrogen and oxygen atoms in total. The van der Waals surface area contributed by atoms with Crippen LogP contribution in [0.1, 0.15) is 19.8 Å². The summed E-state index contributed by atoms with van der Waals surface area (Å²) in [5.74, 6) is -0.271. The molecule has 0 aromatic carbocycles. The Morgan fingerprint density at radius 2 is 1.95 bits per heavy atom. The van der Waals surface area contributed by atoms with Crippen molar-refractivity contribution in [3.63, 3.8) is 0 Å². The number of nitrogens with zero attached hydrogens (tertiary/aromatic N) is 4. The quantitative estimate of drug-likeness (QED) is 0.564. The highest BCUT2D eigenvalue weighted by molar-refractivity contribution is 9.10. The number of hydrogen-bond donors (Lipinski definition) is 0. The second-order valence-electron chi connectivity index (χ2n) is 4.82. The molecule has 0 aliphatic carbocycles. The highest BCUT2D eigenvalue weighted by Gasteiger charge is 2.17. The van der Waals surface area contributed by atoms with Crippen molar-refractivity contribution in [3.8, 4) is 0 Å². The van der Waals surface area contributed by atoms with Gasteiger partial charge in [0.15, 0.2) is 15.9 Å². The Hall–Kier alpha value is -1.90. The summed E-state index contributed by atoms with van der Waals surface area (Å²) >= 11 is 3.30. The molecule has 22 heavy (non-hydrogen) atoms. The van der Waals surface area contributed by atoms with E-state index >= 15 is 0 Å². The number of carbonyl (C=O) groups is 1. The number of hydrogen-bond acceptors (Lipinski definition) is 5. The molecule has 0 aliphatic rings. The van der Waals surface area contributed by atoms with Gasteiger partial charge in [-0.05, 0) is 29.3 Å². The second-order valence-corrected chi connectivity index (χ2v) is 5.53. The zero-order valence-corrected chi connectivity index (χ0v) is 14.2. The molecule has 0 bridgehead atoms. The monoisotopic (exact) mass is 372 g/mol. The summed E-state index contributed by atoms with van der Waals surface area (Å²) in [6, 6.07) is 0. The Bertz CT molecular complexity index is 833. The van der Waals surface area contributed by atoms with E-state index in [0.29, 0.717) is 30.0 Å². The fourth-order valence-electron chi connectivity index (χ4n) is 2.28. The molecular weight excluding hydrogens is 356 g/mol. The molecule has 9 heteroatoms. The molecular formula is C13H17BrN4O4. The van der Waals surface area contributed by atoms with Gasteiger partial charge in [-0.1, -0.05) is 0 Å². The zero-order chi connectivity index (χ0) is 16.4. The Balaban J connectivity index is 2.39. The predicted octanol–water partition coefficient (Wildman–Crippen LogP) is 0.539. The van der Waals surface area contributed by atoms with Gasteiger partial charge in [0.2, 0.25) is 0 Å². The van der Waals surface area contributed by atoms with Crippen molar-refractivity contribution < 1.29 is 9.53 Å². The van der Waals surface area contributed by atoms with E-state index in [1.165, 1.54) is 11.6 Å². The molecule has 2 aromatic heterocycles. The number of esters is 1. The minimum Gasteiger partial charge on any atom is -0.466 e. The maximum absolute atomic E-state index is 12.1. The van der Waals surface area contributed by atoms with E-state index in [4.69, 9.17) is 4.74 Å². The molecule has 0 atom stereocenters. The van der Waals surface area contributed by atoms with Crippen LogP contribution in [0.5, 0.6) is 0 Å². The summed E-state index contributed by atoms with van der Waals surface area (Å²) in [5.41, 5.74) is -0.212. The first-order valence-electron chi connectivity index (χ1n) is 6.85. The van der Waals surface area contributed by atoms with Crippen LogP contribution in [0.3, 0.4) is 0 Å². The summed E-state index contributed by atoms with van der Waals surface area (Å²) in [7, 11) is 3.00. The third kappa shape index (κ3) is 2.85. The van der Waals surface area contributed by atoms with Gasteiger partial charge in [-0.3, -0.25) is 18.7 Å². The van der Waals surface area contributed by atoms with E-state index in [2.05, 4.69) is 20.9 Å². The Morgan fingerprint density at radius 3 is 2.59 bits per heavy atom. The number of rotatable bonds is 5. The first-order valence-corrected chi connectivity index (χ1v) is 7.65. The third-order valence-corrected chi connectivity index (χ3v) is 3.97. The Labute approximate surface area is 134 Å². The summed E-state index contributed by atoms with van der Waals surface area (Å²) < 4.78 is 9.42. The first-order chi connectivity index (χ1) is 10.4. The predicted molar refractivity (Wildman–Crippen MR) is 83.8 cm³/mol. The standard InChI is InChI=1S/C13H17BrN4O4/c1-4-22-8(19)6-5-7-18-10-9(15-12(18)14)11(20)17(3)13(21)16(10)2/h4-7H2,1-3H3. The number of aromatic nitrogens is 4. The fraction of sp³-hybridized carbons (Fsp3) is 0.538. The van der Waals surface area contributed by atoms with Gasteiger partial charge in [-0.25, -0.2) is 9.78 Å². The second kappa shape index (κ2) is 6.47. The molecule has 0 amide bonds. The number of aryl methyl sites for hydroxylation is 2. The van der Waals surface area contributed by atoms with E-state index < -0.39 is 11.2 Å². The Morgan fingerprint density at radius 1 is 1.27 bits per heavy atom. The molecule has 2 aromatic rings. The minimum atomic E-state index is -0.442. The molecule has 0 fully saturated rings. The summed E-state index contributed by atoms with van der Waals surface area (Å²) in [5, 5.41) is 0. The zero-order valence-electron chi connectivity index (χ0n) is 12.6. The van der Waals surface area contributed by atoms with E-state index in [1.54, 1.807) is 18.5 Å². The van der Waals surface area contributed by atoms with E-state index in [0.717, 1.165) is 4.57 Å². The van der Waals surface area contributed by atoms with E-state index in [-0.39, 0.29) is 17.9 Å². The molecule has 0 radical (unpaired) electrons. The lowest BCUT2D eigenvalue weighted by Gasteiger charge is -2.09. The molecule has 2 heterocycles. The van der Waals surface area contributed by atoms with E-state index in [1.807, 2.05) is 0 Å². The lowest BCUT2D eigenvalue weighted by molar-refractivity contribution is -0.143. The van der Waals surface area contributed by atoms with Gasteiger partial charge < -0.3 is 9.30 Å². The average molecular weight is 373 g/mol. The lowest BCUT2D eigenvalue weighted by Crippen LogP contribution is -2.37. The van der Waals surface area contributed by atoms with Gasteiger partial charge in [-0.15, -0.1) is 0 Å². The summed E-state index contributed by atoms with van der Waals surface area (Å²) in [6.45, 7) is 2.54. The molecule has 0 aliphatic heterocycles. The molecule has 0 unspecified atom stereocenters. The fourth-order valence-corrected chi connectivity index (χ4v) is 2.80. The smallest absolute Gasteiger partial charge is 0.332 e. The van der Waals surface area contributed by atoms with Crippen LogP contribution in [-0.4, -0.2) is 31.3 Å². The largest absolute Gasteiger partial charge is 0.466 e. The van der Waals surface area contributed by atoms with Gasteiger partial charge >= 0.3 is 11.7 Å². The van der Waals surface area contributed by atoms with Crippen LogP contribution in [-0.2, 0) is 30.2 Å². The van der Waals surface area contributed by atoms with Crippen molar-refractivity contribution in [1.29, 1.82) is 0 Å². The topological polar surface area (TPSA) is 88.1 Å². The van der Waals surface area contributed by atoms with Crippen LogP contribution in [0.15, 0.2) is 14.3 Å². The summed E-state index contributed by atoms with van der Waals surface area (Å²) in [4.78, 5) is 39.7. The van der Waals surface area contributed by atoms with Crippen LogP contribution in [0.25, 0.3) is 11.2 Å². The lowest BCUT2D eigenvalue weighted by atomic mass is 10.3. The highest BCUT2D eigenvalue weighted by atomic mass is 79.9. The maximum atomic E-state index is 12.1. The van der Waals surface area contributed by atoms with Crippen molar-refractivity contribution in [1.82, 2.24) is 18.7 Å². The van der Waals surface area contributed by atoms with Gasteiger partial charge in [0.05, 0.1) is 6.61 Å². The first kappa shape index (κ1) is 16.5. The number of halogens is 1. The van der Waals surface area contributed by atoms with Crippen molar-refractivity contribution in [3.05, 3.63) is 25.6 Å². The molecule has 2 rings (SSSR count). The van der Waals surface area contributed by atoms with Crippen LogP contribution in [0.2, 0.25) is 0 Å². The van der Waals surface area contributed by atoms with Crippen LogP contribution in [0, 0.1) is 0 Å². The normalized spacial score (nSPS) is 11.1. The van der Waals surface area contributed by atoms with Gasteiger partial charge in [0.25, 0.3) is 5.56 Å².